The SMILES string of the molecule is CCC1[C@@H](COc2ccc(F)cn2)CCCN1C. The minimum absolute atomic E-state index is 0.328. The van der Waals surface area contributed by atoms with Crippen LogP contribution in [-0.4, -0.2) is 36.1 Å². The van der Waals surface area contributed by atoms with Gasteiger partial charge in [-0.25, -0.2) is 9.37 Å². The van der Waals surface area contributed by atoms with Crippen LogP contribution in [-0.2, 0) is 0 Å². The fraction of sp³-hybridized carbons (Fsp3) is 0.643. The molecule has 2 heterocycles. The van der Waals surface area contributed by atoms with Gasteiger partial charge in [-0.1, -0.05) is 6.92 Å². The van der Waals surface area contributed by atoms with Crippen LogP contribution in [0.15, 0.2) is 18.3 Å². The number of rotatable bonds is 4. The van der Waals surface area contributed by atoms with E-state index in [0.717, 1.165) is 6.42 Å². The smallest absolute Gasteiger partial charge is 0.213 e. The summed E-state index contributed by atoms with van der Waals surface area (Å²) in [4.78, 5) is 6.33. The Morgan fingerprint density at radius 3 is 3.00 bits per heavy atom. The second-order valence-electron chi connectivity index (χ2n) is 4.98. The highest BCUT2D eigenvalue weighted by atomic mass is 19.1. The zero-order valence-electron chi connectivity index (χ0n) is 11.1. The fourth-order valence-electron chi connectivity index (χ4n) is 2.80. The first-order valence-corrected chi connectivity index (χ1v) is 6.65. The van der Waals surface area contributed by atoms with Crippen LogP contribution in [0.4, 0.5) is 4.39 Å². The standard InChI is InChI=1S/C14H21FN2O/c1-3-13-11(5-4-8-17(13)2)10-18-14-7-6-12(15)9-16-14/h6-7,9,11,13H,3-5,8,10H2,1-2H3/t11-,13?/m1/s1. The molecule has 0 N–H and O–H groups in total. The summed E-state index contributed by atoms with van der Waals surface area (Å²) >= 11 is 0. The molecule has 4 heteroatoms. The molecule has 1 unspecified atom stereocenters. The predicted molar refractivity (Wildman–Crippen MR) is 69.1 cm³/mol. The molecule has 0 bridgehead atoms. The Labute approximate surface area is 108 Å². The largest absolute Gasteiger partial charge is 0.477 e. The average Bonchev–Trinajstić information content (AvgIpc) is 2.38. The second kappa shape index (κ2) is 6.14. The van der Waals surface area contributed by atoms with E-state index in [1.165, 1.54) is 31.6 Å². The molecule has 0 saturated carbocycles. The molecule has 1 aromatic heterocycles. The summed E-state index contributed by atoms with van der Waals surface area (Å²) in [7, 11) is 2.18. The van der Waals surface area contributed by atoms with Crippen molar-refractivity contribution in [3.63, 3.8) is 0 Å². The van der Waals surface area contributed by atoms with Gasteiger partial charge in [0, 0.05) is 18.0 Å². The molecule has 2 atom stereocenters. The monoisotopic (exact) mass is 252 g/mol. The first-order valence-electron chi connectivity index (χ1n) is 6.65. The number of nitrogens with zero attached hydrogens (tertiary/aromatic N) is 2. The van der Waals surface area contributed by atoms with Gasteiger partial charge in [-0.3, -0.25) is 0 Å². The lowest BCUT2D eigenvalue weighted by atomic mass is 9.88. The van der Waals surface area contributed by atoms with Gasteiger partial charge < -0.3 is 9.64 Å². The molecular formula is C14H21FN2O. The van der Waals surface area contributed by atoms with Crippen LogP contribution in [0.3, 0.4) is 0 Å². The third-order valence-corrected chi connectivity index (χ3v) is 3.76. The number of hydrogen-bond acceptors (Lipinski definition) is 3. The molecule has 2 rings (SSSR count). The highest BCUT2D eigenvalue weighted by Crippen LogP contribution is 2.25. The topological polar surface area (TPSA) is 25.4 Å². The third-order valence-electron chi connectivity index (χ3n) is 3.76. The average molecular weight is 252 g/mol. The summed E-state index contributed by atoms with van der Waals surface area (Å²) in [6, 6.07) is 3.55. The Morgan fingerprint density at radius 1 is 1.50 bits per heavy atom. The molecule has 0 aromatic carbocycles. The van der Waals surface area contributed by atoms with Crippen molar-refractivity contribution in [1.82, 2.24) is 9.88 Å². The van der Waals surface area contributed by atoms with Crippen LogP contribution in [0, 0.1) is 11.7 Å². The fourth-order valence-corrected chi connectivity index (χ4v) is 2.80. The van der Waals surface area contributed by atoms with E-state index in [0.29, 0.717) is 24.4 Å². The van der Waals surface area contributed by atoms with Gasteiger partial charge in [-0.2, -0.15) is 0 Å². The van der Waals surface area contributed by atoms with Gasteiger partial charge in [0.2, 0.25) is 5.88 Å². The number of halogens is 1. The summed E-state index contributed by atoms with van der Waals surface area (Å²) in [5.41, 5.74) is 0. The molecule has 0 amide bonds. The number of hydrogen-bond donors (Lipinski definition) is 0. The van der Waals surface area contributed by atoms with E-state index < -0.39 is 0 Å². The van der Waals surface area contributed by atoms with Crippen molar-refractivity contribution in [1.29, 1.82) is 0 Å². The van der Waals surface area contributed by atoms with Crippen molar-refractivity contribution in [3.05, 3.63) is 24.1 Å². The Balaban J connectivity index is 1.90. The van der Waals surface area contributed by atoms with Gasteiger partial charge in [0.1, 0.15) is 5.82 Å². The van der Waals surface area contributed by atoms with Crippen molar-refractivity contribution < 1.29 is 9.13 Å². The lowest BCUT2D eigenvalue weighted by molar-refractivity contribution is 0.0786. The molecule has 0 radical (unpaired) electrons. The van der Waals surface area contributed by atoms with Crippen LogP contribution >= 0.6 is 0 Å². The molecular weight excluding hydrogens is 231 g/mol. The summed E-state index contributed by atoms with van der Waals surface area (Å²) < 4.78 is 18.4. The zero-order chi connectivity index (χ0) is 13.0. The molecule has 18 heavy (non-hydrogen) atoms. The summed E-state index contributed by atoms with van der Waals surface area (Å²) in [6.07, 6.45) is 4.75. The third kappa shape index (κ3) is 3.19. The zero-order valence-corrected chi connectivity index (χ0v) is 11.1. The first-order chi connectivity index (χ1) is 8.70. The Kier molecular flexibility index (Phi) is 4.53. The minimum atomic E-state index is -0.328. The van der Waals surface area contributed by atoms with Gasteiger partial charge in [0.15, 0.2) is 0 Å². The normalized spacial score (nSPS) is 25.1. The quantitative estimate of drug-likeness (QED) is 0.824. The molecule has 1 saturated heterocycles. The molecule has 1 fully saturated rings. The maximum Gasteiger partial charge on any atom is 0.213 e. The van der Waals surface area contributed by atoms with Gasteiger partial charge >= 0.3 is 0 Å². The van der Waals surface area contributed by atoms with Crippen LogP contribution in [0.2, 0.25) is 0 Å². The van der Waals surface area contributed by atoms with Gasteiger partial charge in [0.05, 0.1) is 12.8 Å². The molecule has 3 nitrogen and oxygen atoms in total. The van der Waals surface area contributed by atoms with Gasteiger partial charge in [0.25, 0.3) is 0 Å². The Bertz CT molecular complexity index is 369. The van der Waals surface area contributed by atoms with Crippen LogP contribution in [0.25, 0.3) is 0 Å². The van der Waals surface area contributed by atoms with Crippen molar-refractivity contribution >= 4 is 0 Å². The number of ether oxygens (including phenoxy) is 1. The maximum atomic E-state index is 12.7. The number of piperidine rings is 1. The summed E-state index contributed by atoms with van der Waals surface area (Å²) in [5.74, 6) is 0.728. The van der Waals surface area contributed by atoms with E-state index in [2.05, 4.69) is 23.9 Å². The Hall–Kier alpha value is -1.16. The number of likely N-dealkylation sites (tertiary alicyclic amines) is 1. The van der Waals surface area contributed by atoms with Crippen molar-refractivity contribution in [2.75, 3.05) is 20.2 Å². The van der Waals surface area contributed by atoms with E-state index in [-0.39, 0.29) is 5.82 Å². The lowest BCUT2D eigenvalue weighted by Gasteiger charge is -2.38. The van der Waals surface area contributed by atoms with E-state index in [9.17, 15) is 4.39 Å². The Morgan fingerprint density at radius 2 is 2.33 bits per heavy atom. The minimum Gasteiger partial charge on any atom is -0.477 e. The van der Waals surface area contributed by atoms with Gasteiger partial charge in [-0.15, -0.1) is 0 Å². The lowest BCUT2D eigenvalue weighted by Crippen LogP contribution is -2.44. The van der Waals surface area contributed by atoms with Crippen molar-refractivity contribution in [2.45, 2.75) is 32.2 Å². The van der Waals surface area contributed by atoms with Crippen molar-refractivity contribution in [2.24, 2.45) is 5.92 Å². The van der Waals surface area contributed by atoms with E-state index in [4.69, 9.17) is 4.74 Å². The summed E-state index contributed by atoms with van der Waals surface area (Å²) in [5, 5.41) is 0. The summed E-state index contributed by atoms with van der Waals surface area (Å²) in [6.45, 7) is 4.06. The molecule has 100 valence electrons. The number of pyridine rings is 1. The second-order valence-corrected chi connectivity index (χ2v) is 4.98. The number of aromatic nitrogens is 1. The van der Waals surface area contributed by atoms with Crippen LogP contribution in [0.5, 0.6) is 5.88 Å². The molecule has 1 aromatic rings. The van der Waals surface area contributed by atoms with E-state index in [1.807, 2.05) is 0 Å². The molecule has 0 aliphatic carbocycles. The maximum absolute atomic E-state index is 12.7. The van der Waals surface area contributed by atoms with Crippen molar-refractivity contribution in [3.8, 4) is 5.88 Å². The van der Waals surface area contributed by atoms with Crippen LogP contribution in [0.1, 0.15) is 26.2 Å². The van der Waals surface area contributed by atoms with E-state index >= 15 is 0 Å². The highest BCUT2D eigenvalue weighted by Gasteiger charge is 2.28. The highest BCUT2D eigenvalue weighted by molar-refractivity contribution is 5.10. The van der Waals surface area contributed by atoms with Gasteiger partial charge in [-0.05, 0) is 38.9 Å². The molecule has 1 aliphatic heterocycles. The molecule has 0 spiro atoms. The van der Waals surface area contributed by atoms with Crippen LogP contribution < -0.4 is 4.74 Å². The first kappa shape index (κ1) is 13.3. The molecule has 1 aliphatic rings. The van der Waals surface area contributed by atoms with E-state index in [1.54, 1.807) is 6.07 Å². The predicted octanol–water partition coefficient (Wildman–Crippen LogP) is 2.72.